The maximum atomic E-state index is 11.9. The van der Waals surface area contributed by atoms with Crippen molar-refractivity contribution in [3.8, 4) is 6.07 Å². The summed E-state index contributed by atoms with van der Waals surface area (Å²) in [5.74, 6) is -0.0591. The van der Waals surface area contributed by atoms with Gasteiger partial charge in [0.15, 0.2) is 0 Å². The van der Waals surface area contributed by atoms with Gasteiger partial charge in [-0.2, -0.15) is 5.26 Å². The molecule has 0 heterocycles. The molecule has 0 radical (unpaired) electrons. The molecule has 100 valence electrons. The van der Waals surface area contributed by atoms with Crippen LogP contribution >= 0.6 is 15.9 Å². The highest BCUT2D eigenvalue weighted by Crippen LogP contribution is 2.14. The zero-order valence-electron chi connectivity index (χ0n) is 10.8. The molecule has 3 nitrogen and oxygen atoms in total. The number of nitrogens with one attached hydrogen (secondary N) is 1. The summed E-state index contributed by atoms with van der Waals surface area (Å²) in [5, 5.41) is 11.4. The van der Waals surface area contributed by atoms with Gasteiger partial charge in [0.25, 0.3) is 0 Å². The SMILES string of the molecule is N#CCc1ccc(NC(=O)Cc2cccc(Br)c2)cc1. The van der Waals surface area contributed by atoms with Gasteiger partial charge in [-0.05, 0) is 35.4 Å². The molecule has 0 unspecified atom stereocenters. The molecule has 0 bridgehead atoms. The summed E-state index contributed by atoms with van der Waals surface area (Å²) in [6.45, 7) is 0. The highest BCUT2D eigenvalue weighted by atomic mass is 79.9. The Morgan fingerprint density at radius 1 is 1.15 bits per heavy atom. The van der Waals surface area contributed by atoms with E-state index in [0.29, 0.717) is 12.8 Å². The molecule has 0 saturated carbocycles. The molecule has 0 aliphatic heterocycles. The van der Waals surface area contributed by atoms with Crippen LogP contribution < -0.4 is 5.32 Å². The average molecular weight is 329 g/mol. The summed E-state index contributed by atoms with van der Waals surface area (Å²) in [4.78, 5) is 11.9. The van der Waals surface area contributed by atoms with Gasteiger partial charge in [-0.3, -0.25) is 4.79 Å². The van der Waals surface area contributed by atoms with Gasteiger partial charge in [0.05, 0.1) is 18.9 Å². The summed E-state index contributed by atoms with van der Waals surface area (Å²) < 4.78 is 0.962. The predicted molar refractivity (Wildman–Crippen MR) is 82.2 cm³/mol. The van der Waals surface area contributed by atoms with Crippen molar-refractivity contribution in [1.82, 2.24) is 0 Å². The van der Waals surface area contributed by atoms with Crippen molar-refractivity contribution in [2.45, 2.75) is 12.8 Å². The molecule has 0 fully saturated rings. The lowest BCUT2D eigenvalue weighted by Gasteiger charge is -2.06. The first-order valence-electron chi connectivity index (χ1n) is 6.17. The Balaban J connectivity index is 1.96. The Bertz CT molecular complexity index is 644. The number of nitriles is 1. The molecule has 0 atom stereocenters. The van der Waals surface area contributed by atoms with E-state index in [9.17, 15) is 4.79 Å². The normalized spacial score (nSPS) is 9.80. The first-order chi connectivity index (χ1) is 9.67. The summed E-state index contributed by atoms with van der Waals surface area (Å²) >= 11 is 3.38. The van der Waals surface area contributed by atoms with E-state index in [4.69, 9.17) is 5.26 Å². The molecule has 0 aromatic heterocycles. The standard InChI is InChI=1S/C16H13BrN2O/c17-14-3-1-2-13(10-14)11-16(20)19-15-6-4-12(5-7-15)8-9-18/h1-7,10H,8,11H2,(H,19,20). The van der Waals surface area contributed by atoms with Crippen LogP contribution in [-0.4, -0.2) is 5.91 Å². The van der Waals surface area contributed by atoms with E-state index in [1.807, 2.05) is 48.5 Å². The van der Waals surface area contributed by atoms with Gasteiger partial charge in [0.1, 0.15) is 0 Å². The highest BCUT2D eigenvalue weighted by Gasteiger charge is 2.04. The molecule has 0 aliphatic carbocycles. The van der Waals surface area contributed by atoms with Crippen molar-refractivity contribution >= 4 is 27.5 Å². The van der Waals surface area contributed by atoms with Gasteiger partial charge >= 0.3 is 0 Å². The lowest BCUT2D eigenvalue weighted by atomic mass is 10.1. The number of carbonyl (C=O) groups excluding carboxylic acids is 1. The number of hydrogen-bond acceptors (Lipinski definition) is 2. The molecule has 20 heavy (non-hydrogen) atoms. The summed E-state index contributed by atoms with van der Waals surface area (Å²) in [7, 11) is 0. The highest BCUT2D eigenvalue weighted by molar-refractivity contribution is 9.10. The first kappa shape index (κ1) is 14.3. The summed E-state index contributed by atoms with van der Waals surface area (Å²) in [6.07, 6.45) is 0.714. The second-order valence-corrected chi connectivity index (χ2v) is 5.30. The number of hydrogen-bond donors (Lipinski definition) is 1. The number of carbonyl (C=O) groups is 1. The third-order valence-electron chi connectivity index (χ3n) is 2.77. The predicted octanol–water partition coefficient (Wildman–Crippen LogP) is 3.70. The van der Waals surface area contributed by atoms with Crippen LogP contribution in [0.15, 0.2) is 53.0 Å². The maximum Gasteiger partial charge on any atom is 0.228 e. The van der Waals surface area contributed by atoms with Crippen LogP contribution in [0.1, 0.15) is 11.1 Å². The van der Waals surface area contributed by atoms with Crippen LogP contribution in [0.25, 0.3) is 0 Å². The minimum Gasteiger partial charge on any atom is -0.326 e. The van der Waals surface area contributed by atoms with E-state index in [2.05, 4.69) is 27.3 Å². The van der Waals surface area contributed by atoms with Gasteiger partial charge in [0, 0.05) is 10.2 Å². The van der Waals surface area contributed by atoms with Crippen LogP contribution in [0.4, 0.5) is 5.69 Å². The van der Waals surface area contributed by atoms with Gasteiger partial charge in [-0.25, -0.2) is 0 Å². The molecule has 1 amide bonds. The molecular formula is C16H13BrN2O. The fraction of sp³-hybridized carbons (Fsp3) is 0.125. The third kappa shape index (κ3) is 4.22. The van der Waals surface area contributed by atoms with Crippen molar-refractivity contribution in [1.29, 1.82) is 5.26 Å². The molecule has 2 rings (SSSR count). The zero-order valence-corrected chi connectivity index (χ0v) is 12.4. The minimum atomic E-state index is -0.0591. The van der Waals surface area contributed by atoms with Crippen molar-refractivity contribution in [3.63, 3.8) is 0 Å². The fourth-order valence-electron chi connectivity index (χ4n) is 1.83. The molecule has 0 saturated heterocycles. The van der Waals surface area contributed by atoms with Gasteiger partial charge < -0.3 is 5.32 Å². The molecule has 1 N–H and O–H groups in total. The van der Waals surface area contributed by atoms with Crippen LogP contribution in [-0.2, 0) is 17.6 Å². The monoisotopic (exact) mass is 328 g/mol. The summed E-state index contributed by atoms with van der Waals surface area (Å²) in [6, 6.07) is 17.1. The van der Waals surface area contributed by atoms with Crippen LogP contribution in [0.2, 0.25) is 0 Å². The van der Waals surface area contributed by atoms with E-state index in [-0.39, 0.29) is 5.91 Å². The van der Waals surface area contributed by atoms with E-state index in [1.165, 1.54) is 0 Å². The molecule has 2 aromatic carbocycles. The average Bonchev–Trinajstić information content (AvgIpc) is 2.41. The lowest BCUT2D eigenvalue weighted by Crippen LogP contribution is -2.14. The fourth-order valence-corrected chi connectivity index (χ4v) is 2.28. The van der Waals surface area contributed by atoms with Gasteiger partial charge in [0.2, 0.25) is 5.91 Å². The van der Waals surface area contributed by atoms with Crippen LogP contribution in [0, 0.1) is 11.3 Å². The second-order valence-electron chi connectivity index (χ2n) is 4.39. The number of benzene rings is 2. The van der Waals surface area contributed by atoms with Crippen molar-refractivity contribution < 1.29 is 4.79 Å². The van der Waals surface area contributed by atoms with E-state index in [0.717, 1.165) is 21.3 Å². The topological polar surface area (TPSA) is 52.9 Å². The van der Waals surface area contributed by atoms with Crippen LogP contribution in [0.3, 0.4) is 0 Å². The molecular weight excluding hydrogens is 316 g/mol. The summed E-state index contributed by atoms with van der Waals surface area (Å²) in [5.41, 5.74) is 2.64. The van der Waals surface area contributed by atoms with E-state index in [1.54, 1.807) is 0 Å². The van der Waals surface area contributed by atoms with Crippen LogP contribution in [0.5, 0.6) is 0 Å². The van der Waals surface area contributed by atoms with E-state index < -0.39 is 0 Å². The minimum absolute atomic E-state index is 0.0591. The van der Waals surface area contributed by atoms with Crippen molar-refractivity contribution in [2.24, 2.45) is 0 Å². The number of amides is 1. The Hall–Kier alpha value is -2.12. The third-order valence-corrected chi connectivity index (χ3v) is 3.27. The number of rotatable bonds is 4. The molecule has 4 heteroatoms. The number of halogens is 1. The molecule has 0 spiro atoms. The number of anilines is 1. The van der Waals surface area contributed by atoms with Crippen molar-refractivity contribution in [2.75, 3.05) is 5.32 Å². The van der Waals surface area contributed by atoms with Gasteiger partial charge in [-0.15, -0.1) is 0 Å². The molecule has 2 aromatic rings. The molecule has 0 aliphatic rings. The smallest absolute Gasteiger partial charge is 0.228 e. The van der Waals surface area contributed by atoms with Gasteiger partial charge in [-0.1, -0.05) is 40.2 Å². The zero-order chi connectivity index (χ0) is 14.4. The Morgan fingerprint density at radius 2 is 1.90 bits per heavy atom. The maximum absolute atomic E-state index is 11.9. The first-order valence-corrected chi connectivity index (χ1v) is 6.97. The second kappa shape index (κ2) is 6.88. The van der Waals surface area contributed by atoms with Crippen molar-refractivity contribution in [3.05, 3.63) is 64.1 Å². The quantitative estimate of drug-likeness (QED) is 0.930. The lowest BCUT2D eigenvalue weighted by molar-refractivity contribution is -0.115. The largest absolute Gasteiger partial charge is 0.326 e. The Labute approximate surface area is 126 Å². The Kier molecular flexibility index (Phi) is 4.91. The number of nitrogens with zero attached hydrogens (tertiary/aromatic N) is 1. The Morgan fingerprint density at radius 3 is 2.55 bits per heavy atom. The van der Waals surface area contributed by atoms with E-state index >= 15 is 0 Å².